The molecule has 1 aliphatic rings. The molecule has 2 heterocycles. The third kappa shape index (κ3) is 3.52. The zero-order chi connectivity index (χ0) is 17.3. The molecule has 2 aromatic rings. The van der Waals surface area contributed by atoms with Gasteiger partial charge in [0.05, 0.1) is 12.2 Å². The Bertz CT molecular complexity index is 780. The van der Waals surface area contributed by atoms with Crippen LogP contribution in [0.25, 0.3) is 0 Å². The van der Waals surface area contributed by atoms with Gasteiger partial charge in [-0.15, -0.1) is 12.4 Å². The van der Waals surface area contributed by atoms with Crippen molar-refractivity contribution in [2.75, 3.05) is 18.5 Å². The van der Waals surface area contributed by atoms with Crippen molar-refractivity contribution in [1.82, 2.24) is 4.90 Å². The second kappa shape index (κ2) is 7.67. The fraction of sp³-hybridized carbons (Fsp3) is 0.294. The number of furan rings is 1. The van der Waals surface area contributed by atoms with Crippen molar-refractivity contribution in [3.05, 3.63) is 53.7 Å². The van der Waals surface area contributed by atoms with Crippen LogP contribution in [0.5, 0.6) is 0 Å². The van der Waals surface area contributed by atoms with Gasteiger partial charge in [0.2, 0.25) is 5.91 Å². The maximum absolute atomic E-state index is 13.9. The number of para-hydroxylation sites is 1. The molecule has 0 aliphatic carbocycles. The van der Waals surface area contributed by atoms with E-state index in [0.29, 0.717) is 18.7 Å². The van der Waals surface area contributed by atoms with Crippen molar-refractivity contribution in [1.29, 1.82) is 0 Å². The first kappa shape index (κ1) is 19.0. The minimum Gasteiger partial charge on any atom is -0.455 e. The molecule has 2 N–H and O–H groups in total. The summed E-state index contributed by atoms with van der Waals surface area (Å²) in [6, 6.07) is 8.62. The highest BCUT2D eigenvalue weighted by atomic mass is 35.5. The lowest BCUT2D eigenvalue weighted by Crippen LogP contribution is -2.43. The van der Waals surface area contributed by atoms with Gasteiger partial charge < -0.3 is 20.0 Å². The van der Waals surface area contributed by atoms with Gasteiger partial charge >= 0.3 is 0 Å². The predicted molar refractivity (Wildman–Crippen MR) is 93.1 cm³/mol. The van der Waals surface area contributed by atoms with Crippen LogP contribution in [0.1, 0.15) is 22.7 Å². The summed E-state index contributed by atoms with van der Waals surface area (Å²) in [4.78, 5) is 27.8. The van der Waals surface area contributed by atoms with E-state index < -0.39 is 17.8 Å². The molecule has 134 valence electrons. The quantitative estimate of drug-likeness (QED) is 0.898. The van der Waals surface area contributed by atoms with Crippen LogP contribution in [0.4, 0.5) is 10.1 Å². The van der Waals surface area contributed by atoms with Crippen LogP contribution < -0.4 is 10.6 Å². The van der Waals surface area contributed by atoms with Crippen molar-refractivity contribution in [2.24, 2.45) is 5.73 Å². The summed E-state index contributed by atoms with van der Waals surface area (Å²) >= 11 is 0. The summed E-state index contributed by atoms with van der Waals surface area (Å²) in [6.07, 6.45) is 0.430. The molecule has 1 aliphatic heterocycles. The van der Waals surface area contributed by atoms with Crippen molar-refractivity contribution in [3.8, 4) is 0 Å². The molecule has 25 heavy (non-hydrogen) atoms. The number of nitrogens with two attached hydrogens (primary N) is 1. The van der Waals surface area contributed by atoms with Gasteiger partial charge in [0, 0.05) is 13.6 Å². The first-order chi connectivity index (χ1) is 11.5. The number of benzene rings is 1. The topological polar surface area (TPSA) is 79.8 Å². The normalized spacial score (nSPS) is 16.7. The lowest BCUT2D eigenvalue weighted by atomic mass is 10.2. The van der Waals surface area contributed by atoms with Gasteiger partial charge in [0.15, 0.2) is 5.76 Å². The molecular formula is C17H19ClFN3O3. The van der Waals surface area contributed by atoms with Crippen LogP contribution in [0, 0.1) is 5.82 Å². The molecule has 0 saturated carbocycles. The number of carbonyl (C=O) groups is 2. The van der Waals surface area contributed by atoms with Gasteiger partial charge in [0.25, 0.3) is 5.91 Å². The molecule has 8 heteroatoms. The number of carbonyl (C=O) groups excluding carboxylic acids is 2. The Labute approximate surface area is 150 Å². The third-order valence-corrected chi connectivity index (χ3v) is 4.18. The molecule has 0 spiro atoms. The van der Waals surface area contributed by atoms with E-state index in [1.54, 1.807) is 31.3 Å². The highest BCUT2D eigenvalue weighted by Gasteiger charge is 2.38. The molecular weight excluding hydrogens is 349 g/mol. The number of likely N-dealkylation sites (N-methyl/N-ethyl adjacent to an activating group) is 1. The Morgan fingerprint density at radius 1 is 1.36 bits per heavy atom. The maximum Gasteiger partial charge on any atom is 0.289 e. The molecule has 1 fully saturated rings. The molecule has 6 nitrogen and oxygen atoms in total. The Hall–Kier alpha value is -2.38. The monoisotopic (exact) mass is 367 g/mol. The zero-order valence-corrected chi connectivity index (χ0v) is 14.5. The summed E-state index contributed by atoms with van der Waals surface area (Å²) in [5.74, 6) is -0.531. The van der Waals surface area contributed by atoms with E-state index in [1.807, 2.05) is 0 Å². The largest absolute Gasteiger partial charge is 0.455 e. The van der Waals surface area contributed by atoms with E-state index in [9.17, 15) is 14.0 Å². The predicted octanol–water partition coefficient (Wildman–Crippen LogP) is 2.18. The van der Waals surface area contributed by atoms with Gasteiger partial charge in [-0.05, 0) is 30.7 Å². The first-order valence-electron chi connectivity index (χ1n) is 7.64. The maximum atomic E-state index is 13.9. The van der Waals surface area contributed by atoms with E-state index in [-0.39, 0.29) is 36.3 Å². The van der Waals surface area contributed by atoms with Crippen molar-refractivity contribution >= 4 is 29.9 Å². The van der Waals surface area contributed by atoms with Crippen LogP contribution in [0.15, 0.2) is 40.8 Å². The summed E-state index contributed by atoms with van der Waals surface area (Å²) in [5, 5.41) is 0. The second-order valence-electron chi connectivity index (χ2n) is 5.63. The molecule has 1 atom stereocenters. The van der Waals surface area contributed by atoms with Crippen LogP contribution in [0.3, 0.4) is 0 Å². The molecule has 1 saturated heterocycles. The van der Waals surface area contributed by atoms with Gasteiger partial charge in [-0.25, -0.2) is 4.39 Å². The van der Waals surface area contributed by atoms with Gasteiger partial charge in [-0.1, -0.05) is 12.1 Å². The molecule has 3 rings (SSSR count). The lowest BCUT2D eigenvalue weighted by Gasteiger charge is -2.23. The highest BCUT2D eigenvalue weighted by molar-refractivity contribution is 6.03. The number of hydrogen-bond donors (Lipinski definition) is 1. The van der Waals surface area contributed by atoms with Crippen LogP contribution in [-0.4, -0.2) is 36.3 Å². The Balaban J connectivity index is 0.00000225. The second-order valence-corrected chi connectivity index (χ2v) is 5.63. The smallest absolute Gasteiger partial charge is 0.289 e. The lowest BCUT2D eigenvalue weighted by molar-refractivity contribution is -0.120. The molecule has 0 radical (unpaired) electrons. The SMILES string of the molecule is CN(C(=O)c1ccc(CN)o1)C1CCN(c2ccccc2F)C1=O.Cl. The summed E-state index contributed by atoms with van der Waals surface area (Å²) in [5.41, 5.74) is 5.70. The van der Waals surface area contributed by atoms with E-state index in [0.717, 1.165) is 0 Å². The molecule has 1 aromatic carbocycles. The summed E-state index contributed by atoms with van der Waals surface area (Å²) in [7, 11) is 1.54. The molecule has 0 bridgehead atoms. The number of rotatable bonds is 4. The molecule has 1 aromatic heterocycles. The zero-order valence-electron chi connectivity index (χ0n) is 13.6. The average molecular weight is 368 g/mol. The van der Waals surface area contributed by atoms with Crippen LogP contribution >= 0.6 is 12.4 Å². The van der Waals surface area contributed by atoms with Gasteiger partial charge in [-0.3, -0.25) is 9.59 Å². The fourth-order valence-corrected chi connectivity index (χ4v) is 2.85. The van der Waals surface area contributed by atoms with Crippen LogP contribution in [-0.2, 0) is 11.3 Å². The minimum absolute atomic E-state index is 0. The first-order valence-corrected chi connectivity index (χ1v) is 7.64. The standard InChI is InChI=1S/C17H18FN3O3.ClH/c1-20(17(23)15-7-6-11(10-19)24-15)14-8-9-21(16(14)22)13-5-3-2-4-12(13)18;/h2-7,14H,8-10,19H2,1H3;1H. The van der Waals surface area contributed by atoms with E-state index >= 15 is 0 Å². The summed E-state index contributed by atoms with van der Waals surface area (Å²) in [6.45, 7) is 0.550. The third-order valence-electron chi connectivity index (χ3n) is 4.18. The highest BCUT2D eigenvalue weighted by Crippen LogP contribution is 2.27. The summed E-state index contributed by atoms with van der Waals surface area (Å²) < 4.78 is 19.2. The molecule has 1 unspecified atom stereocenters. The van der Waals surface area contributed by atoms with Gasteiger partial charge in [-0.2, -0.15) is 0 Å². The number of halogens is 2. The van der Waals surface area contributed by atoms with E-state index in [4.69, 9.17) is 10.2 Å². The Kier molecular flexibility index (Phi) is 5.81. The van der Waals surface area contributed by atoms with Crippen LogP contribution in [0.2, 0.25) is 0 Å². The number of nitrogens with zero attached hydrogens (tertiary/aromatic N) is 2. The van der Waals surface area contributed by atoms with Crippen molar-refractivity contribution in [2.45, 2.75) is 19.0 Å². The number of hydrogen-bond acceptors (Lipinski definition) is 4. The Morgan fingerprint density at radius 3 is 2.72 bits per heavy atom. The number of anilines is 1. The van der Waals surface area contributed by atoms with Gasteiger partial charge in [0.1, 0.15) is 17.6 Å². The van der Waals surface area contributed by atoms with E-state index in [1.165, 1.54) is 21.9 Å². The minimum atomic E-state index is -0.650. The van der Waals surface area contributed by atoms with Crippen molar-refractivity contribution in [3.63, 3.8) is 0 Å². The van der Waals surface area contributed by atoms with E-state index in [2.05, 4.69) is 0 Å². The molecule has 2 amide bonds. The van der Waals surface area contributed by atoms with Crippen molar-refractivity contribution < 1.29 is 18.4 Å². The fourth-order valence-electron chi connectivity index (χ4n) is 2.85. The Morgan fingerprint density at radius 2 is 2.08 bits per heavy atom. The number of amides is 2. The average Bonchev–Trinajstić information content (AvgIpc) is 3.21.